The maximum Gasteiger partial charge on any atom is 0.236 e. The van der Waals surface area contributed by atoms with Gasteiger partial charge in [-0.2, -0.15) is 9.61 Å². The van der Waals surface area contributed by atoms with Crippen LogP contribution in [0, 0.1) is 6.92 Å². The second-order valence-corrected chi connectivity index (χ2v) is 7.27. The van der Waals surface area contributed by atoms with Gasteiger partial charge in [-0.1, -0.05) is 29.2 Å². The third-order valence-electron chi connectivity index (χ3n) is 3.27. The van der Waals surface area contributed by atoms with Gasteiger partial charge in [0.15, 0.2) is 5.65 Å². The molecule has 1 amide bonds. The SMILES string of the molecule is Cc1nnc(NC(=O)CSc2nnc3ccc(-c4ccccn4)nn23)s1. The maximum absolute atomic E-state index is 12.1. The molecule has 0 atom stereocenters. The first kappa shape index (κ1) is 16.5. The summed E-state index contributed by atoms with van der Waals surface area (Å²) in [4.78, 5) is 16.4. The summed E-state index contributed by atoms with van der Waals surface area (Å²) in [5, 5.41) is 25.0. The summed E-state index contributed by atoms with van der Waals surface area (Å²) in [6, 6.07) is 9.28. The summed E-state index contributed by atoms with van der Waals surface area (Å²) in [6.07, 6.45) is 1.71. The number of pyridine rings is 1. The Labute approximate surface area is 155 Å². The van der Waals surface area contributed by atoms with Crippen LogP contribution < -0.4 is 5.32 Å². The van der Waals surface area contributed by atoms with Crippen LogP contribution in [0.3, 0.4) is 0 Å². The summed E-state index contributed by atoms with van der Waals surface area (Å²) in [6.45, 7) is 1.83. The van der Waals surface area contributed by atoms with Crippen molar-refractivity contribution in [2.45, 2.75) is 12.1 Å². The largest absolute Gasteiger partial charge is 0.300 e. The Kier molecular flexibility index (Phi) is 4.54. The molecule has 0 aliphatic rings. The van der Waals surface area contributed by atoms with E-state index in [1.54, 1.807) is 10.7 Å². The number of thioether (sulfide) groups is 1. The quantitative estimate of drug-likeness (QED) is 0.521. The van der Waals surface area contributed by atoms with Gasteiger partial charge >= 0.3 is 0 Å². The van der Waals surface area contributed by atoms with Gasteiger partial charge in [-0.25, -0.2) is 0 Å². The predicted molar refractivity (Wildman–Crippen MR) is 98.0 cm³/mol. The number of fused-ring (bicyclic) bond motifs is 1. The van der Waals surface area contributed by atoms with Gasteiger partial charge in [-0.05, 0) is 31.2 Å². The van der Waals surface area contributed by atoms with E-state index in [0.717, 1.165) is 10.7 Å². The van der Waals surface area contributed by atoms with Crippen LogP contribution in [0.1, 0.15) is 5.01 Å². The number of aromatic nitrogens is 7. The van der Waals surface area contributed by atoms with Crippen LogP contribution in [0.2, 0.25) is 0 Å². The number of nitrogens with one attached hydrogen (secondary N) is 1. The minimum Gasteiger partial charge on any atom is -0.300 e. The van der Waals surface area contributed by atoms with Crippen molar-refractivity contribution in [2.75, 3.05) is 11.1 Å². The van der Waals surface area contributed by atoms with Crippen LogP contribution in [0.25, 0.3) is 17.0 Å². The Balaban J connectivity index is 1.50. The molecular formula is C15H12N8OS2. The average Bonchev–Trinajstić information content (AvgIpc) is 3.26. The maximum atomic E-state index is 12.1. The van der Waals surface area contributed by atoms with E-state index in [-0.39, 0.29) is 11.7 Å². The van der Waals surface area contributed by atoms with E-state index in [4.69, 9.17) is 0 Å². The topological polar surface area (TPSA) is 111 Å². The van der Waals surface area contributed by atoms with Gasteiger partial charge in [0.2, 0.25) is 16.2 Å². The monoisotopic (exact) mass is 384 g/mol. The highest BCUT2D eigenvalue weighted by Gasteiger charge is 2.13. The van der Waals surface area contributed by atoms with Crippen molar-refractivity contribution < 1.29 is 4.79 Å². The smallest absolute Gasteiger partial charge is 0.236 e. The summed E-state index contributed by atoms with van der Waals surface area (Å²) in [5.74, 6) is -0.0293. The Morgan fingerprint density at radius 2 is 2.08 bits per heavy atom. The lowest BCUT2D eigenvalue weighted by atomic mass is 10.2. The molecule has 0 bridgehead atoms. The van der Waals surface area contributed by atoms with Crippen LogP contribution in [0.4, 0.5) is 5.13 Å². The number of hydrogen-bond acceptors (Lipinski definition) is 9. The number of amides is 1. The molecular weight excluding hydrogens is 372 g/mol. The minimum absolute atomic E-state index is 0.162. The first-order valence-electron chi connectivity index (χ1n) is 7.56. The van der Waals surface area contributed by atoms with Crippen molar-refractivity contribution in [3.63, 3.8) is 0 Å². The molecule has 0 aromatic carbocycles. The van der Waals surface area contributed by atoms with E-state index in [2.05, 4.69) is 35.8 Å². The van der Waals surface area contributed by atoms with Crippen LogP contribution >= 0.6 is 23.1 Å². The van der Waals surface area contributed by atoms with Gasteiger partial charge in [0.1, 0.15) is 10.7 Å². The van der Waals surface area contributed by atoms with Gasteiger partial charge in [-0.15, -0.1) is 20.4 Å². The molecule has 0 spiro atoms. The fraction of sp³-hybridized carbons (Fsp3) is 0.133. The lowest BCUT2D eigenvalue weighted by Crippen LogP contribution is -2.14. The first-order chi connectivity index (χ1) is 12.7. The molecule has 0 radical (unpaired) electrons. The third kappa shape index (κ3) is 3.53. The van der Waals surface area contributed by atoms with Gasteiger partial charge < -0.3 is 0 Å². The zero-order chi connectivity index (χ0) is 17.9. The highest BCUT2D eigenvalue weighted by molar-refractivity contribution is 7.99. The molecule has 4 rings (SSSR count). The lowest BCUT2D eigenvalue weighted by molar-refractivity contribution is -0.113. The number of hydrogen-bond donors (Lipinski definition) is 1. The summed E-state index contributed by atoms with van der Waals surface area (Å²) >= 11 is 2.57. The van der Waals surface area contributed by atoms with Crippen LogP contribution in [-0.2, 0) is 4.79 Å². The minimum atomic E-state index is -0.191. The van der Waals surface area contributed by atoms with Crippen molar-refractivity contribution in [1.29, 1.82) is 0 Å². The fourth-order valence-electron chi connectivity index (χ4n) is 2.14. The van der Waals surface area contributed by atoms with E-state index in [0.29, 0.717) is 21.6 Å². The van der Waals surface area contributed by atoms with E-state index in [9.17, 15) is 4.79 Å². The average molecular weight is 384 g/mol. The molecule has 1 N–H and O–H groups in total. The number of carbonyl (C=O) groups excluding carboxylic acids is 1. The number of aryl methyl sites for hydroxylation is 1. The zero-order valence-corrected chi connectivity index (χ0v) is 15.2. The molecule has 4 aromatic rings. The molecule has 0 aliphatic carbocycles. The molecule has 4 aromatic heterocycles. The number of nitrogens with zero attached hydrogens (tertiary/aromatic N) is 7. The third-order valence-corrected chi connectivity index (χ3v) is 4.94. The lowest BCUT2D eigenvalue weighted by Gasteiger charge is -2.02. The molecule has 26 heavy (non-hydrogen) atoms. The van der Waals surface area contributed by atoms with Crippen molar-refractivity contribution in [1.82, 2.24) is 35.0 Å². The van der Waals surface area contributed by atoms with Gasteiger partial charge in [-0.3, -0.25) is 15.1 Å². The number of anilines is 1. The Hall–Kier alpha value is -2.92. The Morgan fingerprint density at radius 3 is 2.85 bits per heavy atom. The molecule has 4 heterocycles. The molecule has 130 valence electrons. The Bertz CT molecular complexity index is 1060. The van der Waals surface area contributed by atoms with Crippen molar-refractivity contribution >= 4 is 39.8 Å². The molecule has 0 aliphatic heterocycles. The summed E-state index contributed by atoms with van der Waals surface area (Å²) in [7, 11) is 0. The molecule has 0 saturated carbocycles. The molecule has 9 nitrogen and oxygen atoms in total. The molecule has 0 fully saturated rings. The van der Waals surface area contributed by atoms with Gasteiger partial charge in [0, 0.05) is 6.20 Å². The standard InChI is InChI=1S/C15H12N8OS2/c1-9-18-20-14(26-9)17-13(24)8-25-15-21-19-12-6-5-11(22-23(12)15)10-4-2-3-7-16-10/h2-7H,8H2,1H3,(H,17,20,24). The second-order valence-electron chi connectivity index (χ2n) is 5.15. The van der Waals surface area contributed by atoms with E-state index in [1.165, 1.54) is 23.1 Å². The first-order valence-corrected chi connectivity index (χ1v) is 9.36. The van der Waals surface area contributed by atoms with Crippen molar-refractivity contribution in [3.8, 4) is 11.4 Å². The number of carbonyl (C=O) groups is 1. The van der Waals surface area contributed by atoms with Crippen LogP contribution in [0.15, 0.2) is 41.7 Å². The van der Waals surface area contributed by atoms with Crippen LogP contribution in [0.5, 0.6) is 0 Å². The summed E-state index contributed by atoms with van der Waals surface area (Å²) in [5.41, 5.74) is 2.06. The normalized spacial score (nSPS) is 11.0. The highest BCUT2D eigenvalue weighted by Crippen LogP contribution is 2.20. The van der Waals surface area contributed by atoms with E-state index < -0.39 is 0 Å². The highest BCUT2D eigenvalue weighted by atomic mass is 32.2. The molecule has 0 saturated heterocycles. The number of rotatable bonds is 5. The fourth-order valence-corrected chi connectivity index (χ4v) is 3.44. The van der Waals surface area contributed by atoms with Gasteiger partial charge in [0.25, 0.3) is 0 Å². The predicted octanol–water partition coefficient (Wildman–Crippen LogP) is 2.08. The van der Waals surface area contributed by atoms with Crippen molar-refractivity contribution in [2.24, 2.45) is 0 Å². The Morgan fingerprint density at radius 1 is 1.15 bits per heavy atom. The summed E-state index contributed by atoms with van der Waals surface area (Å²) < 4.78 is 1.61. The van der Waals surface area contributed by atoms with Crippen LogP contribution in [-0.4, -0.2) is 46.7 Å². The van der Waals surface area contributed by atoms with Crippen molar-refractivity contribution in [3.05, 3.63) is 41.5 Å². The van der Waals surface area contributed by atoms with Gasteiger partial charge in [0.05, 0.1) is 11.4 Å². The molecule has 11 heteroatoms. The van der Waals surface area contributed by atoms with E-state index in [1.807, 2.05) is 37.3 Å². The van der Waals surface area contributed by atoms with E-state index >= 15 is 0 Å². The molecule has 0 unspecified atom stereocenters. The second kappa shape index (κ2) is 7.14. The zero-order valence-electron chi connectivity index (χ0n) is 13.5.